The van der Waals surface area contributed by atoms with Crippen LogP contribution >= 0.6 is 0 Å². The minimum absolute atomic E-state index is 0.256. The Bertz CT molecular complexity index is 457. The molecule has 1 rings (SSSR count). The van der Waals surface area contributed by atoms with Crippen LogP contribution in [0.1, 0.15) is 25.5 Å². The summed E-state index contributed by atoms with van der Waals surface area (Å²) in [6, 6.07) is 1.62. The first-order valence-electron chi connectivity index (χ1n) is 6.49. The highest BCUT2D eigenvalue weighted by Crippen LogP contribution is 2.10. The van der Waals surface area contributed by atoms with Crippen molar-refractivity contribution in [2.24, 2.45) is 0 Å². The molecule has 0 radical (unpaired) electrons. The maximum Gasteiger partial charge on any atom is 0.242 e. The summed E-state index contributed by atoms with van der Waals surface area (Å²) in [5.41, 5.74) is 0.835. The Labute approximate surface area is 115 Å². The number of hydrogen-bond acceptors (Lipinski definition) is 4. The molecule has 6 nitrogen and oxygen atoms in total. The summed E-state index contributed by atoms with van der Waals surface area (Å²) >= 11 is 0. The van der Waals surface area contributed by atoms with E-state index in [0.29, 0.717) is 26.3 Å². The van der Waals surface area contributed by atoms with Crippen molar-refractivity contribution in [3.8, 4) is 0 Å². The summed E-state index contributed by atoms with van der Waals surface area (Å²) in [5.74, 6) is 0. The molecule has 0 bridgehead atoms. The van der Waals surface area contributed by atoms with Crippen LogP contribution in [0.5, 0.6) is 0 Å². The standard InChI is InChI=1S/C12H23N3O3S/c1-3-4-6-18-7-5-15-19(16,17)12-8-11(9-13-2)14-10-12/h8,10,13-15H,3-7,9H2,1-2H3. The molecule has 0 aliphatic heterocycles. The highest BCUT2D eigenvalue weighted by Gasteiger charge is 2.15. The number of sulfonamides is 1. The fourth-order valence-corrected chi connectivity index (χ4v) is 2.58. The van der Waals surface area contributed by atoms with Gasteiger partial charge in [-0.25, -0.2) is 13.1 Å². The lowest BCUT2D eigenvalue weighted by Crippen LogP contribution is -2.27. The molecule has 0 aliphatic carbocycles. The molecule has 3 N–H and O–H groups in total. The second-order valence-electron chi connectivity index (χ2n) is 4.25. The van der Waals surface area contributed by atoms with Gasteiger partial charge in [0, 0.05) is 31.6 Å². The Balaban J connectivity index is 2.38. The number of unbranched alkanes of at least 4 members (excludes halogenated alkanes) is 1. The van der Waals surface area contributed by atoms with Crippen LogP contribution < -0.4 is 10.0 Å². The predicted octanol–water partition coefficient (Wildman–Crippen LogP) is 0.829. The van der Waals surface area contributed by atoms with Gasteiger partial charge in [-0.15, -0.1) is 0 Å². The molecule has 0 amide bonds. The number of aromatic nitrogens is 1. The predicted molar refractivity (Wildman–Crippen MR) is 74.5 cm³/mol. The lowest BCUT2D eigenvalue weighted by atomic mass is 10.4. The molecule has 0 saturated carbocycles. The average molecular weight is 289 g/mol. The van der Waals surface area contributed by atoms with E-state index in [0.717, 1.165) is 18.5 Å². The van der Waals surface area contributed by atoms with Crippen LogP contribution in [0.3, 0.4) is 0 Å². The summed E-state index contributed by atoms with van der Waals surface area (Å²) in [5, 5.41) is 2.95. The second kappa shape index (κ2) is 8.31. The number of rotatable bonds is 10. The van der Waals surface area contributed by atoms with E-state index in [2.05, 4.69) is 21.9 Å². The highest BCUT2D eigenvalue weighted by molar-refractivity contribution is 7.89. The zero-order valence-electron chi connectivity index (χ0n) is 11.5. The van der Waals surface area contributed by atoms with Crippen LogP contribution in [0.15, 0.2) is 17.2 Å². The van der Waals surface area contributed by atoms with Gasteiger partial charge in [-0.3, -0.25) is 0 Å². The molecule has 1 aromatic rings. The normalized spacial score (nSPS) is 11.9. The third-order valence-corrected chi connectivity index (χ3v) is 4.02. The van der Waals surface area contributed by atoms with Crippen LogP contribution in [0.4, 0.5) is 0 Å². The van der Waals surface area contributed by atoms with Crippen molar-refractivity contribution < 1.29 is 13.2 Å². The Hall–Kier alpha value is -0.890. The SMILES string of the molecule is CCCCOCCNS(=O)(=O)c1c[nH]c(CNC)c1. The largest absolute Gasteiger partial charge is 0.380 e. The first-order valence-corrected chi connectivity index (χ1v) is 7.97. The summed E-state index contributed by atoms with van der Waals surface area (Å²) in [6.07, 6.45) is 3.56. The van der Waals surface area contributed by atoms with Gasteiger partial charge in [0.15, 0.2) is 0 Å². The molecule has 1 aromatic heterocycles. The van der Waals surface area contributed by atoms with Crippen molar-refractivity contribution in [3.05, 3.63) is 18.0 Å². The van der Waals surface area contributed by atoms with Crippen LogP contribution in [0, 0.1) is 0 Å². The zero-order valence-corrected chi connectivity index (χ0v) is 12.3. The average Bonchev–Trinajstić information content (AvgIpc) is 2.83. The van der Waals surface area contributed by atoms with Crippen molar-refractivity contribution in [3.63, 3.8) is 0 Å². The van der Waals surface area contributed by atoms with Crippen molar-refractivity contribution in [2.75, 3.05) is 26.8 Å². The molecule has 0 saturated heterocycles. The molecule has 110 valence electrons. The van der Waals surface area contributed by atoms with Gasteiger partial charge in [0.05, 0.1) is 11.5 Å². The molecule has 0 atom stereocenters. The zero-order chi connectivity index (χ0) is 14.1. The van der Waals surface area contributed by atoms with Gasteiger partial charge in [-0.05, 0) is 19.5 Å². The topological polar surface area (TPSA) is 83.2 Å². The van der Waals surface area contributed by atoms with Crippen molar-refractivity contribution in [2.45, 2.75) is 31.2 Å². The molecule has 0 spiro atoms. The molecule has 0 aromatic carbocycles. The number of aromatic amines is 1. The quantitative estimate of drug-likeness (QED) is 0.557. The minimum atomic E-state index is -3.44. The van der Waals surface area contributed by atoms with Gasteiger partial charge < -0.3 is 15.0 Å². The molecule has 0 unspecified atom stereocenters. The maximum absolute atomic E-state index is 11.9. The van der Waals surface area contributed by atoms with E-state index < -0.39 is 10.0 Å². The molecule has 19 heavy (non-hydrogen) atoms. The molecule has 0 aliphatic rings. The molecular formula is C12H23N3O3S. The summed E-state index contributed by atoms with van der Waals surface area (Å²) in [4.78, 5) is 3.17. The van der Waals surface area contributed by atoms with Gasteiger partial charge in [-0.1, -0.05) is 13.3 Å². The Morgan fingerprint density at radius 1 is 1.37 bits per heavy atom. The van der Waals surface area contributed by atoms with Gasteiger partial charge >= 0.3 is 0 Å². The van der Waals surface area contributed by atoms with Crippen LogP contribution in [-0.2, 0) is 21.3 Å². The van der Waals surface area contributed by atoms with Crippen LogP contribution in [-0.4, -0.2) is 40.2 Å². The van der Waals surface area contributed by atoms with E-state index in [4.69, 9.17) is 4.74 Å². The Morgan fingerprint density at radius 2 is 2.16 bits per heavy atom. The van der Waals surface area contributed by atoms with Gasteiger partial charge in [0.25, 0.3) is 0 Å². The van der Waals surface area contributed by atoms with E-state index in [1.807, 2.05) is 0 Å². The van der Waals surface area contributed by atoms with Crippen molar-refractivity contribution in [1.82, 2.24) is 15.0 Å². The first kappa shape index (κ1) is 16.2. The maximum atomic E-state index is 11.9. The Kier molecular flexibility index (Phi) is 7.07. The fraction of sp³-hybridized carbons (Fsp3) is 0.667. The van der Waals surface area contributed by atoms with Gasteiger partial charge in [0.2, 0.25) is 10.0 Å². The van der Waals surface area contributed by atoms with Crippen molar-refractivity contribution in [1.29, 1.82) is 0 Å². The van der Waals surface area contributed by atoms with Crippen molar-refractivity contribution >= 4 is 10.0 Å². The smallest absolute Gasteiger partial charge is 0.242 e. The molecule has 1 heterocycles. The molecule has 7 heteroatoms. The lowest BCUT2D eigenvalue weighted by Gasteiger charge is -2.05. The van der Waals surface area contributed by atoms with Crippen LogP contribution in [0.2, 0.25) is 0 Å². The monoisotopic (exact) mass is 289 g/mol. The lowest BCUT2D eigenvalue weighted by molar-refractivity contribution is 0.136. The van der Waals surface area contributed by atoms with Crippen LogP contribution in [0.25, 0.3) is 0 Å². The fourth-order valence-electron chi connectivity index (χ4n) is 1.55. The second-order valence-corrected chi connectivity index (χ2v) is 6.02. The van der Waals surface area contributed by atoms with Gasteiger partial charge in [0.1, 0.15) is 0 Å². The van der Waals surface area contributed by atoms with E-state index in [9.17, 15) is 8.42 Å². The number of hydrogen-bond donors (Lipinski definition) is 3. The molecular weight excluding hydrogens is 266 g/mol. The van der Waals surface area contributed by atoms with E-state index in [-0.39, 0.29) is 4.90 Å². The third kappa shape index (κ3) is 5.73. The van der Waals surface area contributed by atoms with E-state index in [1.165, 1.54) is 6.20 Å². The van der Waals surface area contributed by atoms with E-state index in [1.54, 1.807) is 13.1 Å². The van der Waals surface area contributed by atoms with Gasteiger partial charge in [-0.2, -0.15) is 0 Å². The number of H-pyrrole nitrogens is 1. The third-order valence-electron chi connectivity index (χ3n) is 2.57. The summed E-state index contributed by atoms with van der Waals surface area (Å²) < 4.78 is 31.7. The van der Waals surface area contributed by atoms with E-state index >= 15 is 0 Å². The summed E-state index contributed by atoms with van der Waals surface area (Å²) in [7, 11) is -1.63. The highest BCUT2D eigenvalue weighted by atomic mass is 32.2. The number of ether oxygens (including phenoxy) is 1. The number of nitrogens with one attached hydrogen (secondary N) is 3. The molecule has 0 fully saturated rings. The Morgan fingerprint density at radius 3 is 2.84 bits per heavy atom. The minimum Gasteiger partial charge on any atom is -0.380 e. The first-order chi connectivity index (χ1) is 9.10. The summed E-state index contributed by atoms with van der Waals surface area (Å²) in [6.45, 7) is 4.05.